The van der Waals surface area contributed by atoms with E-state index in [-0.39, 0.29) is 35.6 Å². The van der Waals surface area contributed by atoms with E-state index in [1.165, 1.54) is 18.0 Å². The van der Waals surface area contributed by atoms with Crippen molar-refractivity contribution in [3.05, 3.63) is 131 Å². The Morgan fingerprint density at radius 3 is 2.32 bits per heavy atom. The first-order chi connectivity index (χ1) is 21.3. The van der Waals surface area contributed by atoms with Gasteiger partial charge in [0.15, 0.2) is 11.6 Å². The molecule has 4 aliphatic rings. The molecule has 0 spiro atoms. The quantitative estimate of drug-likeness (QED) is 0.313. The first-order valence-corrected chi connectivity index (χ1v) is 15.1. The molecule has 3 aromatic rings. The van der Waals surface area contributed by atoms with Crippen molar-refractivity contribution in [1.82, 2.24) is 4.90 Å². The molecule has 2 fully saturated rings. The van der Waals surface area contributed by atoms with Crippen LogP contribution >= 0.6 is 0 Å². The summed E-state index contributed by atoms with van der Waals surface area (Å²) < 4.78 is 0. The summed E-state index contributed by atoms with van der Waals surface area (Å²) in [6.45, 7) is 3.85. The van der Waals surface area contributed by atoms with E-state index in [1.54, 1.807) is 6.08 Å². The number of phenolic OH excluding ortho intramolecular Hbond substituents is 1. The van der Waals surface area contributed by atoms with Gasteiger partial charge in [-0.05, 0) is 47.9 Å². The summed E-state index contributed by atoms with van der Waals surface area (Å²) in [5.41, 5.74) is 2.37. The fourth-order valence-electron chi connectivity index (χ4n) is 8.54. The lowest BCUT2D eigenvalue weighted by atomic mass is 9.44. The number of Topliss-reactive ketones (excluding diaryl/α,β-unsaturated/α-hetero) is 1. The minimum Gasteiger partial charge on any atom is -0.507 e. The van der Waals surface area contributed by atoms with Crippen LogP contribution in [0, 0.1) is 23.7 Å². The lowest BCUT2D eigenvalue weighted by Gasteiger charge is -2.55. The van der Waals surface area contributed by atoms with E-state index < -0.39 is 35.0 Å². The Morgan fingerprint density at radius 1 is 0.909 bits per heavy atom. The average Bonchev–Trinajstić information content (AvgIpc) is 3.27. The van der Waals surface area contributed by atoms with Crippen molar-refractivity contribution in [2.45, 2.75) is 30.6 Å². The van der Waals surface area contributed by atoms with Gasteiger partial charge in [-0.2, -0.15) is 0 Å². The van der Waals surface area contributed by atoms with Crippen LogP contribution in [-0.4, -0.2) is 40.4 Å². The van der Waals surface area contributed by atoms with Gasteiger partial charge in [-0.1, -0.05) is 96.6 Å². The van der Waals surface area contributed by atoms with Crippen molar-refractivity contribution >= 4 is 29.0 Å². The monoisotopic (exact) mass is 583 g/mol. The Hall–Kier alpha value is -4.84. The highest BCUT2D eigenvalue weighted by Crippen LogP contribution is 2.64. The smallest absolute Gasteiger partial charge is 0.233 e. The predicted octanol–water partition coefficient (Wildman–Crippen LogP) is 5.57. The molecule has 1 aliphatic heterocycles. The minimum atomic E-state index is -1.37. The highest BCUT2D eigenvalue weighted by Gasteiger charge is 2.66. The van der Waals surface area contributed by atoms with Gasteiger partial charge in [0.2, 0.25) is 11.8 Å². The third kappa shape index (κ3) is 3.79. The maximum Gasteiger partial charge on any atom is 0.233 e. The van der Waals surface area contributed by atoms with Crippen molar-refractivity contribution in [3.63, 3.8) is 0 Å². The zero-order valence-electron chi connectivity index (χ0n) is 24.5. The number of fused-ring (bicyclic) bond motifs is 4. The molecule has 0 bridgehead atoms. The number of ketones is 2. The van der Waals surface area contributed by atoms with Crippen LogP contribution in [-0.2, 0) is 31.0 Å². The maximum atomic E-state index is 15.0. The largest absolute Gasteiger partial charge is 0.507 e. The Kier molecular flexibility index (Phi) is 6.61. The molecule has 1 heterocycles. The molecule has 7 rings (SSSR count). The zero-order valence-corrected chi connectivity index (χ0v) is 24.5. The minimum absolute atomic E-state index is 0.0548. The Balaban J connectivity index is 1.54. The molecule has 3 aliphatic carbocycles. The molecule has 44 heavy (non-hydrogen) atoms. The molecule has 0 radical (unpaired) electrons. The van der Waals surface area contributed by atoms with Gasteiger partial charge >= 0.3 is 0 Å². The van der Waals surface area contributed by atoms with Gasteiger partial charge in [-0.25, -0.2) is 0 Å². The molecular weight excluding hydrogens is 550 g/mol. The summed E-state index contributed by atoms with van der Waals surface area (Å²) in [7, 11) is 1.52. The second-order valence-corrected chi connectivity index (χ2v) is 12.4. The number of allylic oxidation sites excluding steroid dienone is 5. The lowest BCUT2D eigenvalue weighted by molar-refractivity contribution is -0.139. The SMILES string of the molecule is C=CCc1cccc([C@H]2C3=CC[C@@H]4C(=O)N(C)C(=O)[C@@H]4[C@@H]3C[C@H]3C(=O)C(c4ccccc4)=CC(=O)[C@@]23c2ccccc2)c1O. The summed E-state index contributed by atoms with van der Waals surface area (Å²) in [6.07, 6.45) is 6.24. The van der Waals surface area contributed by atoms with Gasteiger partial charge in [0, 0.05) is 30.0 Å². The number of nitrogens with zero attached hydrogens (tertiary/aromatic N) is 1. The van der Waals surface area contributed by atoms with Crippen LogP contribution in [0.1, 0.15) is 41.0 Å². The summed E-state index contributed by atoms with van der Waals surface area (Å²) >= 11 is 0. The van der Waals surface area contributed by atoms with Gasteiger partial charge in [0.1, 0.15) is 5.75 Å². The molecule has 1 N–H and O–H groups in total. The fraction of sp³-hybridized carbons (Fsp3) is 0.263. The van der Waals surface area contributed by atoms with Crippen LogP contribution in [0.3, 0.4) is 0 Å². The second-order valence-electron chi connectivity index (χ2n) is 12.4. The van der Waals surface area contributed by atoms with Crippen molar-refractivity contribution < 1.29 is 24.3 Å². The number of phenols is 1. The molecule has 220 valence electrons. The zero-order chi connectivity index (χ0) is 30.7. The average molecular weight is 584 g/mol. The third-order valence-corrected chi connectivity index (χ3v) is 10.4. The van der Waals surface area contributed by atoms with Gasteiger partial charge < -0.3 is 5.11 Å². The van der Waals surface area contributed by atoms with Crippen molar-refractivity contribution in [1.29, 1.82) is 0 Å². The van der Waals surface area contributed by atoms with Crippen LogP contribution in [0.2, 0.25) is 0 Å². The normalized spacial score (nSPS) is 29.4. The molecule has 6 nitrogen and oxygen atoms in total. The van der Waals surface area contributed by atoms with Gasteiger partial charge in [-0.3, -0.25) is 24.1 Å². The highest BCUT2D eigenvalue weighted by molar-refractivity contribution is 6.31. The van der Waals surface area contributed by atoms with E-state index in [9.17, 15) is 24.3 Å². The number of hydrogen-bond acceptors (Lipinski definition) is 5. The van der Waals surface area contributed by atoms with Gasteiger partial charge in [-0.15, -0.1) is 6.58 Å². The number of amides is 2. The van der Waals surface area contributed by atoms with Crippen molar-refractivity contribution in [3.8, 4) is 5.75 Å². The van der Waals surface area contributed by atoms with Gasteiger partial charge in [0.05, 0.1) is 17.3 Å². The highest BCUT2D eigenvalue weighted by atomic mass is 16.3. The maximum absolute atomic E-state index is 15.0. The number of hydrogen-bond donors (Lipinski definition) is 1. The number of rotatable bonds is 5. The van der Waals surface area contributed by atoms with Crippen LogP contribution in [0.4, 0.5) is 0 Å². The predicted molar refractivity (Wildman–Crippen MR) is 166 cm³/mol. The number of carbonyl (C=O) groups is 4. The third-order valence-electron chi connectivity index (χ3n) is 10.4. The van der Waals surface area contributed by atoms with E-state index in [2.05, 4.69) is 6.58 Å². The molecule has 6 heteroatoms. The van der Waals surface area contributed by atoms with Crippen LogP contribution in [0.15, 0.2) is 109 Å². The number of benzene rings is 3. The second kappa shape index (κ2) is 10.4. The van der Waals surface area contributed by atoms with E-state index in [0.717, 1.165) is 5.57 Å². The fourth-order valence-corrected chi connectivity index (χ4v) is 8.54. The van der Waals surface area contributed by atoms with Crippen molar-refractivity contribution in [2.75, 3.05) is 7.05 Å². The Bertz CT molecular complexity index is 1790. The molecule has 3 aromatic carbocycles. The topological polar surface area (TPSA) is 91.8 Å². The number of carbonyl (C=O) groups excluding carboxylic acids is 4. The van der Waals surface area contributed by atoms with Gasteiger partial charge in [0.25, 0.3) is 0 Å². The molecule has 0 unspecified atom stereocenters. The van der Waals surface area contributed by atoms with Crippen LogP contribution in [0.25, 0.3) is 5.57 Å². The number of aromatic hydroxyl groups is 1. The summed E-state index contributed by atoms with van der Waals surface area (Å²) in [5.74, 6) is -3.94. The van der Waals surface area contributed by atoms with E-state index in [4.69, 9.17) is 0 Å². The molecule has 2 amide bonds. The Labute approximate surface area is 256 Å². The van der Waals surface area contributed by atoms with Crippen molar-refractivity contribution in [2.24, 2.45) is 23.7 Å². The first kappa shape index (κ1) is 28.0. The molecule has 1 saturated heterocycles. The van der Waals surface area contributed by atoms with E-state index in [1.807, 2.05) is 84.9 Å². The summed E-state index contributed by atoms with van der Waals surface area (Å²) in [5, 5.41) is 11.8. The molecule has 0 aromatic heterocycles. The number of para-hydroxylation sites is 1. The van der Waals surface area contributed by atoms with Crippen LogP contribution in [0.5, 0.6) is 5.75 Å². The molecule has 6 atom stereocenters. The number of imide groups is 1. The molecule has 1 saturated carbocycles. The first-order valence-electron chi connectivity index (χ1n) is 15.1. The lowest BCUT2D eigenvalue weighted by Crippen LogP contribution is -2.58. The summed E-state index contributed by atoms with van der Waals surface area (Å²) in [6, 6.07) is 24.1. The molecular formula is C38H33NO5. The summed E-state index contributed by atoms with van der Waals surface area (Å²) in [4.78, 5) is 57.8. The van der Waals surface area contributed by atoms with E-state index >= 15 is 0 Å². The standard InChI is InChI=1S/C38H33NO5/c1-3-11-23-14-10-17-27(34(23)41)33-25-18-19-26-32(37(44)39(2)36(26)43)29(25)20-30-35(42)28(22-12-6-4-7-13-22)21-31(40)38(30,33)24-15-8-5-9-16-24/h3-10,12-18,21,26,29-30,32-33,41H,1,11,19-20H2,2H3/t26-,29+,30-,32-,33+,38-/m0/s1. The van der Waals surface area contributed by atoms with Crippen LogP contribution < -0.4 is 0 Å². The number of likely N-dealkylation sites (tertiary alicyclic amines) is 1. The Morgan fingerprint density at radius 2 is 1.61 bits per heavy atom. The van der Waals surface area contributed by atoms with E-state index in [0.29, 0.717) is 40.7 Å².